The molecular formula is C26H28N4O3. The van der Waals surface area contributed by atoms with Crippen molar-refractivity contribution in [3.05, 3.63) is 71.8 Å². The molecule has 33 heavy (non-hydrogen) atoms. The number of hydrogen-bond acceptors (Lipinski definition) is 5. The van der Waals surface area contributed by atoms with Crippen molar-refractivity contribution in [3.63, 3.8) is 0 Å². The molecule has 7 nitrogen and oxygen atoms in total. The number of carbonyl (C=O) groups is 1. The Labute approximate surface area is 193 Å². The highest BCUT2D eigenvalue weighted by Crippen LogP contribution is 2.50. The number of aryl methyl sites for hydroxylation is 1. The summed E-state index contributed by atoms with van der Waals surface area (Å²) in [5.41, 5.74) is 4.43. The van der Waals surface area contributed by atoms with Crippen LogP contribution in [0, 0.1) is 6.92 Å². The van der Waals surface area contributed by atoms with Gasteiger partial charge in [-0.05, 0) is 56.2 Å². The Balaban J connectivity index is 1.23. The Kier molecular flexibility index (Phi) is 4.52. The van der Waals surface area contributed by atoms with Crippen LogP contribution < -0.4 is 10.1 Å². The van der Waals surface area contributed by atoms with Gasteiger partial charge in [0.15, 0.2) is 0 Å². The molecular weight excluding hydrogens is 416 g/mol. The topological polar surface area (TPSA) is 68.6 Å². The Morgan fingerprint density at radius 1 is 1.18 bits per heavy atom. The van der Waals surface area contributed by atoms with Gasteiger partial charge in [0, 0.05) is 43.7 Å². The van der Waals surface area contributed by atoms with Crippen LogP contribution in [0.1, 0.15) is 41.0 Å². The van der Waals surface area contributed by atoms with Crippen molar-refractivity contribution >= 4 is 11.6 Å². The normalized spacial score (nSPS) is 22.7. The summed E-state index contributed by atoms with van der Waals surface area (Å²) in [7, 11) is 1.69. The fourth-order valence-electron chi connectivity index (χ4n) is 5.64. The Hall–Kier alpha value is -3.32. The van der Waals surface area contributed by atoms with E-state index >= 15 is 0 Å². The molecule has 2 aromatic heterocycles. The molecule has 2 fully saturated rings. The van der Waals surface area contributed by atoms with E-state index < -0.39 is 0 Å². The summed E-state index contributed by atoms with van der Waals surface area (Å²) in [6, 6.07) is 14.2. The number of anilines is 1. The highest BCUT2D eigenvalue weighted by atomic mass is 16.5. The summed E-state index contributed by atoms with van der Waals surface area (Å²) < 4.78 is 14.3. The van der Waals surface area contributed by atoms with Gasteiger partial charge in [0.2, 0.25) is 0 Å². The van der Waals surface area contributed by atoms with Gasteiger partial charge in [-0.3, -0.25) is 9.78 Å². The van der Waals surface area contributed by atoms with E-state index in [9.17, 15) is 4.79 Å². The van der Waals surface area contributed by atoms with Gasteiger partial charge in [-0.25, -0.2) is 0 Å². The van der Waals surface area contributed by atoms with Crippen LogP contribution in [-0.2, 0) is 10.3 Å². The number of ether oxygens (including phenoxy) is 2. The molecule has 5 heterocycles. The minimum absolute atomic E-state index is 0.0516. The van der Waals surface area contributed by atoms with Crippen LogP contribution in [0.3, 0.4) is 0 Å². The third-order valence-corrected chi connectivity index (χ3v) is 7.45. The molecule has 0 radical (unpaired) electrons. The number of piperidine rings is 1. The lowest BCUT2D eigenvalue weighted by Crippen LogP contribution is -2.48. The Morgan fingerprint density at radius 3 is 2.79 bits per heavy atom. The number of carbonyl (C=O) groups excluding carboxylic acids is 1. The number of nitrogens with one attached hydrogen (secondary N) is 1. The van der Waals surface area contributed by atoms with Crippen molar-refractivity contribution in [2.24, 2.45) is 0 Å². The summed E-state index contributed by atoms with van der Waals surface area (Å²) in [4.78, 5) is 19.2. The molecule has 3 aliphatic heterocycles. The predicted octanol–water partition coefficient (Wildman–Crippen LogP) is 3.91. The van der Waals surface area contributed by atoms with Crippen LogP contribution in [0.4, 0.5) is 5.69 Å². The van der Waals surface area contributed by atoms with Gasteiger partial charge in [0.25, 0.3) is 5.91 Å². The molecule has 7 heteroatoms. The molecule has 2 spiro atoms. The second kappa shape index (κ2) is 7.35. The Morgan fingerprint density at radius 2 is 2.03 bits per heavy atom. The van der Waals surface area contributed by atoms with Crippen LogP contribution in [0.15, 0.2) is 54.9 Å². The molecule has 3 aromatic rings. The monoisotopic (exact) mass is 444 g/mol. The summed E-state index contributed by atoms with van der Waals surface area (Å²) in [6.07, 6.45) is 6.31. The van der Waals surface area contributed by atoms with Gasteiger partial charge in [-0.2, -0.15) is 0 Å². The van der Waals surface area contributed by atoms with Crippen LogP contribution in [0.25, 0.3) is 5.69 Å². The predicted molar refractivity (Wildman–Crippen MR) is 125 cm³/mol. The largest absolute Gasteiger partial charge is 0.497 e. The number of rotatable bonds is 2. The third-order valence-electron chi connectivity index (χ3n) is 7.45. The number of likely N-dealkylation sites (tertiary alicyclic amines) is 1. The molecule has 1 N–H and O–H groups in total. The van der Waals surface area contributed by atoms with E-state index in [2.05, 4.69) is 45.3 Å². The molecule has 2 saturated heterocycles. The number of hydrogen-bond donors (Lipinski definition) is 1. The highest BCUT2D eigenvalue weighted by molar-refractivity contribution is 5.94. The average Bonchev–Trinajstić information content (AvgIpc) is 3.46. The molecule has 6 rings (SSSR count). The first kappa shape index (κ1) is 20.3. The number of nitrogens with zero attached hydrogens (tertiary/aromatic N) is 3. The first-order valence-electron chi connectivity index (χ1n) is 11.5. The number of pyridine rings is 1. The SMILES string of the molecule is COc1ccc2c(c1)N[C@]1(COC3(CCN(C(=O)c4ccc(C)nc4)CC3)C1)c1cccn1-2. The summed E-state index contributed by atoms with van der Waals surface area (Å²) in [6.45, 7) is 3.91. The van der Waals surface area contributed by atoms with Crippen molar-refractivity contribution in [2.75, 3.05) is 32.1 Å². The van der Waals surface area contributed by atoms with Gasteiger partial charge >= 0.3 is 0 Å². The number of benzene rings is 1. The van der Waals surface area contributed by atoms with E-state index in [1.807, 2.05) is 30.0 Å². The summed E-state index contributed by atoms with van der Waals surface area (Å²) in [5.74, 6) is 0.883. The van der Waals surface area contributed by atoms with E-state index in [1.54, 1.807) is 13.3 Å². The number of methoxy groups -OCH3 is 1. The van der Waals surface area contributed by atoms with E-state index in [0.717, 1.165) is 42.1 Å². The lowest BCUT2D eigenvalue weighted by Gasteiger charge is -2.41. The van der Waals surface area contributed by atoms with Crippen molar-refractivity contribution < 1.29 is 14.3 Å². The standard InChI is InChI=1S/C26H28N4O3/c1-18-5-6-19(15-27-18)24(31)29-12-9-25(10-13-29)16-26(17-33-25)23-4-3-11-30(23)22-8-7-20(32-2)14-21(22)28-26/h3-8,11,14-15,28H,9-10,12-13,16-17H2,1-2H3/t26-/m1/s1. The molecule has 0 bridgehead atoms. The lowest BCUT2D eigenvalue weighted by molar-refractivity contribution is -0.0392. The number of fused-ring (bicyclic) bond motifs is 4. The minimum Gasteiger partial charge on any atom is -0.497 e. The van der Waals surface area contributed by atoms with Crippen molar-refractivity contribution in [2.45, 2.75) is 37.3 Å². The molecule has 1 amide bonds. The maximum Gasteiger partial charge on any atom is 0.255 e. The van der Waals surface area contributed by atoms with Gasteiger partial charge in [0.05, 0.1) is 41.9 Å². The first-order valence-corrected chi connectivity index (χ1v) is 11.5. The van der Waals surface area contributed by atoms with E-state index in [4.69, 9.17) is 9.47 Å². The molecule has 170 valence electrons. The maximum absolute atomic E-state index is 13.0. The molecule has 0 saturated carbocycles. The third kappa shape index (κ3) is 3.22. The fourth-order valence-corrected chi connectivity index (χ4v) is 5.64. The van der Waals surface area contributed by atoms with Gasteiger partial charge < -0.3 is 24.3 Å². The average molecular weight is 445 g/mol. The van der Waals surface area contributed by atoms with Crippen LogP contribution >= 0.6 is 0 Å². The van der Waals surface area contributed by atoms with Gasteiger partial charge in [-0.15, -0.1) is 0 Å². The Bertz CT molecular complexity index is 1210. The van der Waals surface area contributed by atoms with Gasteiger partial charge in [0.1, 0.15) is 11.3 Å². The van der Waals surface area contributed by atoms with Crippen molar-refractivity contribution in [1.29, 1.82) is 0 Å². The van der Waals surface area contributed by atoms with E-state index in [0.29, 0.717) is 25.3 Å². The maximum atomic E-state index is 13.0. The second-order valence-electron chi connectivity index (χ2n) is 9.48. The minimum atomic E-state index is -0.296. The quantitative estimate of drug-likeness (QED) is 0.649. The van der Waals surface area contributed by atoms with Crippen molar-refractivity contribution in [1.82, 2.24) is 14.5 Å². The zero-order chi connectivity index (χ0) is 22.6. The highest BCUT2D eigenvalue weighted by Gasteiger charge is 2.54. The smallest absolute Gasteiger partial charge is 0.255 e. The van der Waals surface area contributed by atoms with E-state index in [1.165, 1.54) is 5.69 Å². The van der Waals surface area contributed by atoms with Crippen molar-refractivity contribution in [3.8, 4) is 11.4 Å². The molecule has 1 atom stereocenters. The number of amides is 1. The lowest BCUT2D eigenvalue weighted by atomic mass is 9.79. The van der Waals surface area contributed by atoms with Gasteiger partial charge in [-0.1, -0.05) is 0 Å². The zero-order valence-electron chi connectivity index (χ0n) is 19.0. The van der Waals surface area contributed by atoms with Crippen LogP contribution in [0.2, 0.25) is 0 Å². The number of aromatic nitrogens is 2. The molecule has 0 unspecified atom stereocenters. The molecule has 0 aliphatic carbocycles. The van der Waals surface area contributed by atoms with Crippen LogP contribution in [-0.4, -0.2) is 52.8 Å². The second-order valence-corrected chi connectivity index (χ2v) is 9.48. The van der Waals surface area contributed by atoms with E-state index in [-0.39, 0.29) is 17.0 Å². The fraction of sp³-hybridized carbons (Fsp3) is 0.385. The summed E-state index contributed by atoms with van der Waals surface area (Å²) >= 11 is 0. The summed E-state index contributed by atoms with van der Waals surface area (Å²) in [5, 5.41) is 3.81. The van der Waals surface area contributed by atoms with Crippen LogP contribution in [0.5, 0.6) is 5.75 Å². The zero-order valence-corrected chi connectivity index (χ0v) is 19.0. The first-order chi connectivity index (χ1) is 16.0. The molecule has 1 aromatic carbocycles. The molecule has 3 aliphatic rings.